The van der Waals surface area contributed by atoms with Crippen LogP contribution in [0.1, 0.15) is 27.8 Å². The summed E-state index contributed by atoms with van der Waals surface area (Å²) in [6, 6.07) is 16.4. The summed E-state index contributed by atoms with van der Waals surface area (Å²) >= 11 is 1.65. The number of aromatic nitrogens is 2. The van der Waals surface area contributed by atoms with Crippen molar-refractivity contribution in [3.8, 4) is 16.9 Å². The largest absolute Gasteiger partial charge is 0.461 e. The summed E-state index contributed by atoms with van der Waals surface area (Å²) < 4.78 is 6.73. The molecule has 0 radical (unpaired) electrons. The van der Waals surface area contributed by atoms with E-state index in [9.17, 15) is 9.59 Å². The molecule has 3 aromatic rings. The molecule has 6 nitrogen and oxygen atoms in total. The summed E-state index contributed by atoms with van der Waals surface area (Å²) in [5, 5.41) is 4.41. The molecule has 1 aromatic heterocycles. The minimum Gasteiger partial charge on any atom is -0.461 e. The van der Waals surface area contributed by atoms with Crippen molar-refractivity contribution in [1.82, 2.24) is 9.78 Å². The Bertz CT molecular complexity index is 963. The topological polar surface area (TPSA) is 87.2 Å². The van der Waals surface area contributed by atoms with Crippen LogP contribution in [0.4, 0.5) is 0 Å². The highest BCUT2D eigenvalue weighted by Crippen LogP contribution is 2.27. The maximum atomic E-state index is 12.2. The lowest BCUT2D eigenvalue weighted by Crippen LogP contribution is -2.11. The molecule has 0 aliphatic carbocycles. The first-order valence-electron chi connectivity index (χ1n) is 8.35. The smallest absolute Gasteiger partial charge is 0.358 e. The molecule has 2 N–H and O–H groups in total. The minimum absolute atomic E-state index is 0.222. The van der Waals surface area contributed by atoms with Crippen molar-refractivity contribution in [3.05, 3.63) is 65.9 Å². The number of carbonyl (C=O) groups excluding carboxylic acids is 2. The van der Waals surface area contributed by atoms with Crippen molar-refractivity contribution < 1.29 is 14.3 Å². The van der Waals surface area contributed by atoms with Gasteiger partial charge in [-0.3, -0.25) is 4.79 Å². The van der Waals surface area contributed by atoms with Gasteiger partial charge in [0.2, 0.25) is 5.91 Å². The van der Waals surface area contributed by atoms with Crippen LogP contribution < -0.4 is 5.73 Å². The molecule has 3 rings (SSSR count). The Morgan fingerprint density at radius 1 is 1.11 bits per heavy atom. The Morgan fingerprint density at radius 2 is 1.78 bits per heavy atom. The molecule has 0 aliphatic heterocycles. The molecular weight excluding hydrogens is 362 g/mol. The maximum Gasteiger partial charge on any atom is 0.358 e. The highest BCUT2D eigenvalue weighted by atomic mass is 32.2. The van der Waals surface area contributed by atoms with Crippen molar-refractivity contribution in [1.29, 1.82) is 0 Å². The van der Waals surface area contributed by atoms with Crippen LogP contribution in [0.5, 0.6) is 0 Å². The molecule has 0 bridgehead atoms. The van der Waals surface area contributed by atoms with Gasteiger partial charge in [0.1, 0.15) is 0 Å². The number of hydrogen-bond acceptors (Lipinski definition) is 5. The van der Waals surface area contributed by atoms with Gasteiger partial charge in [0.15, 0.2) is 5.69 Å². The van der Waals surface area contributed by atoms with E-state index in [-0.39, 0.29) is 12.3 Å². The lowest BCUT2D eigenvalue weighted by atomic mass is 10.1. The van der Waals surface area contributed by atoms with Gasteiger partial charge < -0.3 is 10.5 Å². The number of rotatable bonds is 6. The van der Waals surface area contributed by atoms with Gasteiger partial charge in [-0.25, -0.2) is 9.48 Å². The van der Waals surface area contributed by atoms with Gasteiger partial charge in [-0.2, -0.15) is 5.10 Å². The molecule has 0 fully saturated rings. The highest BCUT2D eigenvalue weighted by Gasteiger charge is 2.18. The van der Waals surface area contributed by atoms with Gasteiger partial charge >= 0.3 is 5.97 Å². The van der Waals surface area contributed by atoms with E-state index < -0.39 is 11.9 Å². The van der Waals surface area contributed by atoms with Crippen molar-refractivity contribution in [2.24, 2.45) is 5.73 Å². The number of thioether (sulfide) groups is 1. The van der Waals surface area contributed by atoms with Gasteiger partial charge in [0.05, 0.1) is 18.0 Å². The Kier molecular flexibility index (Phi) is 5.61. The molecule has 0 saturated carbocycles. The first-order chi connectivity index (χ1) is 13.0. The normalized spacial score (nSPS) is 10.6. The number of nitrogens with zero attached hydrogens (tertiary/aromatic N) is 2. The van der Waals surface area contributed by atoms with Crippen LogP contribution >= 0.6 is 11.8 Å². The van der Waals surface area contributed by atoms with Crippen LogP contribution in [0.25, 0.3) is 16.9 Å². The molecule has 0 spiro atoms. The average Bonchev–Trinajstić information content (AvgIpc) is 3.14. The van der Waals surface area contributed by atoms with Crippen molar-refractivity contribution in [2.45, 2.75) is 11.8 Å². The monoisotopic (exact) mass is 381 g/mol. The quantitative estimate of drug-likeness (QED) is 0.521. The zero-order valence-electron chi connectivity index (χ0n) is 15.0. The number of carbonyl (C=O) groups is 2. The van der Waals surface area contributed by atoms with Crippen molar-refractivity contribution in [3.63, 3.8) is 0 Å². The Morgan fingerprint density at radius 3 is 2.33 bits per heavy atom. The molecule has 0 atom stereocenters. The Labute approximate surface area is 161 Å². The van der Waals surface area contributed by atoms with Crippen molar-refractivity contribution in [2.75, 3.05) is 12.9 Å². The summed E-state index contributed by atoms with van der Waals surface area (Å²) in [6.07, 6.45) is 2.01. The van der Waals surface area contributed by atoms with E-state index in [2.05, 4.69) is 5.10 Å². The average molecular weight is 381 g/mol. The predicted octanol–water partition coefficient (Wildman–Crippen LogP) is 3.54. The molecule has 1 heterocycles. The van der Waals surface area contributed by atoms with Gasteiger partial charge in [0.25, 0.3) is 0 Å². The number of amides is 1. The second-order valence-electron chi connectivity index (χ2n) is 5.69. The van der Waals surface area contributed by atoms with E-state index in [1.54, 1.807) is 53.7 Å². The number of benzene rings is 2. The van der Waals surface area contributed by atoms with E-state index in [1.807, 2.05) is 30.5 Å². The third-order valence-electron chi connectivity index (χ3n) is 3.98. The molecule has 2 aromatic carbocycles. The molecule has 1 amide bonds. The molecular formula is C20H19N3O3S. The number of hydrogen-bond donors (Lipinski definition) is 1. The van der Waals surface area contributed by atoms with E-state index >= 15 is 0 Å². The molecule has 27 heavy (non-hydrogen) atoms. The summed E-state index contributed by atoms with van der Waals surface area (Å²) in [6.45, 7) is 2.02. The number of ether oxygens (including phenoxy) is 1. The first-order valence-corrected chi connectivity index (χ1v) is 9.57. The number of primary amides is 1. The summed E-state index contributed by atoms with van der Waals surface area (Å²) in [7, 11) is 0. The molecule has 138 valence electrons. The standard InChI is InChI=1S/C20H19N3O3S/c1-3-26-20(25)17-12-18(13-6-10-16(27-2)11-7-13)23(22-17)15-8-4-14(5-9-15)19(21)24/h4-12H,3H2,1-2H3,(H2,21,24). The van der Waals surface area contributed by atoms with E-state index in [0.29, 0.717) is 11.3 Å². The Balaban J connectivity index is 2.09. The van der Waals surface area contributed by atoms with Gasteiger partial charge in [0, 0.05) is 16.0 Å². The second kappa shape index (κ2) is 8.09. The van der Waals surface area contributed by atoms with E-state index in [1.165, 1.54) is 0 Å². The van der Waals surface area contributed by atoms with Gasteiger partial charge in [-0.15, -0.1) is 11.8 Å². The lowest BCUT2D eigenvalue weighted by Gasteiger charge is -2.08. The summed E-state index contributed by atoms with van der Waals surface area (Å²) in [5.41, 5.74) is 8.30. The van der Waals surface area contributed by atoms with Crippen LogP contribution in [0.15, 0.2) is 59.5 Å². The minimum atomic E-state index is -0.498. The predicted molar refractivity (Wildman–Crippen MR) is 105 cm³/mol. The third-order valence-corrected chi connectivity index (χ3v) is 4.72. The number of nitrogens with two attached hydrogens (primary N) is 1. The maximum absolute atomic E-state index is 12.2. The lowest BCUT2D eigenvalue weighted by molar-refractivity contribution is 0.0519. The van der Waals surface area contributed by atoms with Crippen LogP contribution in [0.3, 0.4) is 0 Å². The zero-order valence-corrected chi connectivity index (χ0v) is 15.8. The fourth-order valence-electron chi connectivity index (χ4n) is 2.62. The Hall–Kier alpha value is -3.06. The van der Waals surface area contributed by atoms with Crippen molar-refractivity contribution >= 4 is 23.6 Å². The van der Waals surface area contributed by atoms with Gasteiger partial charge in [-0.05, 0) is 55.6 Å². The van der Waals surface area contributed by atoms with E-state index in [0.717, 1.165) is 16.2 Å². The fraction of sp³-hybridized carbons (Fsp3) is 0.150. The molecule has 0 unspecified atom stereocenters. The van der Waals surface area contributed by atoms with Crippen LogP contribution in [-0.2, 0) is 4.74 Å². The van der Waals surface area contributed by atoms with E-state index in [4.69, 9.17) is 10.5 Å². The zero-order chi connectivity index (χ0) is 19.4. The summed E-state index contributed by atoms with van der Waals surface area (Å²) in [4.78, 5) is 24.6. The first kappa shape index (κ1) is 18.7. The highest BCUT2D eigenvalue weighted by molar-refractivity contribution is 7.98. The van der Waals surface area contributed by atoms with Crippen LogP contribution in [-0.4, -0.2) is 34.5 Å². The molecule has 0 saturated heterocycles. The fourth-order valence-corrected chi connectivity index (χ4v) is 3.03. The summed E-state index contributed by atoms with van der Waals surface area (Å²) in [5.74, 6) is -0.978. The third kappa shape index (κ3) is 4.03. The molecule has 0 aliphatic rings. The molecule has 7 heteroatoms. The number of esters is 1. The van der Waals surface area contributed by atoms with Gasteiger partial charge in [-0.1, -0.05) is 12.1 Å². The van der Waals surface area contributed by atoms with Crippen LogP contribution in [0, 0.1) is 0 Å². The SMILES string of the molecule is CCOC(=O)c1cc(-c2ccc(SC)cc2)n(-c2ccc(C(N)=O)cc2)n1. The second-order valence-corrected chi connectivity index (χ2v) is 6.57. The van der Waals surface area contributed by atoms with Crippen LogP contribution in [0.2, 0.25) is 0 Å².